The van der Waals surface area contributed by atoms with Crippen LogP contribution in [0.3, 0.4) is 0 Å². The second-order valence-electron chi connectivity index (χ2n) is 9.03. The van der Waals surface area contributed by atoms with Gasteiger partial charge in [0.05, 0.1) is 12.8 Å². The predicted octanol–water partition coefficient (Wildman–Crippen LogP) is 6.35. The van der Waals surface area contributed by atoms with Crippen LogP contribution in [-0.4, -0.2) is 42.0 Å². The van der Waals surface area contributed by atoms with E-state index in [2.05, 4.69) is 58.6 Å². The van der Waals surface area contributed by atoms with Crippen molar-refractivity contribution in [3.05, 3.63) is 77.1 Å². The van der Waals surface area contributed by atoms with E-state index >= 15 is 0 Å². The number of nitrogens with zero attached hydrogens (tertiary/aromatic N) is 4. The van der Waals surface area contributed by atoms with Crippen molar-refractivity contribution >= 4 is 29.6 Å². The van der Waals surface area contributed by atoms with Crippen molar-refractivity contribution in [2.24, 2.45) is 5.10 Å². The molecule has 0 atom stereocenters. The van der Waals surface area contributed by atoms with Crippen molar-refractivity contribution in [1.82, 2.24) is 9.97 Å². The largest absolute Gasteiger partial charge is 0.449 e. The van der Waals surface area contributed by atoms with Crippen LogP contribution in [0.4, 0.5) is 22.1 Å². The fourth-order valence-electron chi connectivity index (χ4n) is 3.80. The Morgan fingerprint density at radius 1 is 1.00 bits per heavy atom. The van der Waals surface area contributed by atoms with Gasteiger partial charge in [0.2, 0.25) is 0 Å². The molecule has 2 aromatic carbocycles. The van der Waals surface area contributed by atoms with E-state index in [9.17, 15) is 4.79 Å². The number of hydrogen-bond donors (Lipinski definition) is 2. The van der Waals surface area contributed by atoms with Crippen molar-refractivity contribution in [2.75, 3.05) is 35.3 Å². The van der Waals surface area contributed by atoms with Crippen LogP contribution < -0.4 is 15.6 Å². The number of carbonyl (C=O) groups is 1. The quantitative estimate of drug-likeness (QED) is 0.161. The molecule has 0 saturated carbocycles. The highest BCUT2D eigenvalue weighted by Gasteiger charge is 2.11. The predicted molar refractivity (Wildman–Crippen MR) is 152 cm³/mol. The maximum atomic E-state index is 12.1. The summed E-state index contributed by atoms with van der Waals surface area (Å²) in [5.41, 5.74) is 7.11. The third-order valence-corrected chi connectivity index (χ3v) is 5.58. The molecule has 8 heteroatoms. The van der Waals surface area contributed by atoms with Crippen LogP contribution in [0, 0.1) is 13.8 Å². The summed E-state index contributed by atoms with van der Waals surface area (Å²) in [6.45, 7) is 10.5. The number of benzene rings is 2. The molecule has 0 aliphatic carbocycles. The maximum Gasteiger partial charge on any atom is 0.411 e. The first-order chi connectivity index (χ1) is 18.0. The molecule has 37 heavy (non-hydrogen) atoms. The summed E-state index contributed by atoms with van der Waals surface area (Å²) >= 11 is 0. The lowest BCUT2D eigenvalue weighted by atomic mass is 10.2. The normalized spacial score (nSPS) is 10.9. The van der Waals surface area contributed by atoms with E-state index < -0.39 is 6.09 Å². The zero-order valence-electron chi connectivity index (χ0n) is 22.3. The third kappa shape index (κ3) is 9.56. The highest BCUT2D eigenvalue weighted by molar-refractivity contribution is 5.84. The molecule has 0 bridgehead atoms. The number of hydrogen-bond acceptors (Lipinski definition) is 7. The minimum Gasteiger partial charge on any atom is -0.449 e. The highest BCUT2D eigenvalue weighted by atomic mass is 16.5. The van der Waals surface area contributed by atoms with Gasteiger partial charge in [-0.1, -0.05) is 61.4 Å². The van der Waals surface area contributed by atoms with Crippen molar-refractivity contribution in [3.63, 3.8) is 0 Å². The highest BCUT2D eigenvalue weighted by Crippen LogP contribution is 2.18. The number of nitrogens with one attached hydrogen (secondary N) is 2. The number of rotatable bonds is 13. The SMILES string of the molecule is CCCN(CCC)c1cc(N/N=C/c2cccc(C)c2)nc(CCCOC(=O)Nc2ccc(C)cc2)n1. The number of amides is 1. The Labute approximate surface area is 220 Å². The van der Waals surface area contributed by atoms with Crippen molar-refractivity contribution < 1.29 is 9.53 Å². The Hall–Kier alpha value is -3.94. The smallest absolute Gasteiger partial charge is 0.411 e. The van der Waals surface area contributed by atoms with Crippen LogP contribution in [-0.2, 0) is 11.2 Å². The van der Waals surface area contributed by atoms with Gasteiger partial charge in [0.1, 0.15) is 11.6 Å². The second-order valence-corrected chi connectivity index (χ2v) is 9.03. The van der Waals surface area contributed by atoms with Crippen LogP contribution in [0.1, 0.15) is 55.6 Å². The van der Waals surface area contributed by atoms with Gasteiger partial charge in [-0.05, 0) is 50.8 Å². The van der Waals surface area contributed by atoms with E-state index in [0.29, 0.717) is 30.2 Å². The Kier molecular flexibility index (Phi) is 10.9. The molecule has 3 aromatic rings. The second kappa shape index (κ2) is 14.6. The van der Waals surface area contributed by atoms with Crippen LogP contribution in [0.25, 0.3) is 0 Å². The molecule has 196 valence electrons. The van der Waals surface area contributed by atoms with E-state index in [4.69, 9.17) is 9.72 Å². The number of carbonyl (C=O) groups excluding carboxylic acids is 1. The first-order valence-electron chi connectivity index (χ1n) is 13.0. The molecule has 0 fully saturated rings. The van der Waals surface area contributed by atoms with Crippen molar-refractivity contribution in [2.45, 2.75) is 53.4 Å². The molecule has 0 radical (unpaired) electrons. The molecule has 1 heterocycles. The fourth-order valence-corrected chi connectivity index (χ4v) is 3.80. The van der Waals surface area contributed by atoms with Crippen LogP contribution >= 0.6 is 0 Å². The molecule has 1 aromatic heterocycles. The zero-order valence-corrected chi connectivity index (χ0v) is 22.3. The number of ether oxygens (including phenoxy) is 1. The first kappa shape index (κ1) is 27.6. The number of aryl methyl sites for hydroxylation is 3. The van der Waals surface area contributed by atoms with Crippen LogP contribution in [0.2, 0.25) is 0 Å². The van der Waals surface area contributed by atoms with Gasteiger partial charge in [-0.25, -0.2) is 14.8 Å². The molecule has 0 aliphatic heterocycles. The van der Waals surface area contributed by atoms with Gasteiger partial charge in [-0.15, -0.1) is 0 Å². The van der Waals surface area contributed by atoms with Gasteiger partial charge in [0.15, 0.2) is 5.82 Å². The Morgan fingerprint density at radius 2 is 1.76 bits per heavy atom. The Bertz CT molecular complexity index is 1160. The van der Waals surface area contributed by atoms with Gasteiger partial charge in [0, 0.05) is 31.3 Å². The summed E-state index contributed by atoms with van der Waals surface area (Å²) in [4.78, 5) is 23.8. The summed E-state index contributed by atoms with van der Waals surface area (Å²) < 4.78 is 5.35. The average molecular weight is 503 g/mol. The minimum atomic E-state index is -0.469. The molecule has 8 nitrogen and oxygen atoms in total. The summed E-state index contributed by atoms with van der Waals surface area (Å²) in [6.07, 6.45) is 4.55. The standard InChI is InChI=1S/C29H38N6O2/c1-5-16-35(17-6-2)28-20-27(34-30-21-24-10-7-9-23(4)19-24)32-26(33-28)11-8-18-37-29(36)31-25-14-12-22(3)13-15-25/h7,9-10,12-15,19-21H,5-6,8,11,16-18H2,1-4H3,(H,31,36)(H,32,33,34)/b30-21+. The van der Waals surface area contributed by atoms with E-state index in [1.165, 1.54) is 5.56 Å². The van der Waals surface area contributed by atoms with E-state index in [-0.39, 0.29) is 6.61 Å². The molecule has 0 aliphatic rings. The van der Waals surface area contributed by atoms with Gasteiger partial charge in [0.25, 0.3) is 0 Å². The topological polar surface area (TPSA) is 91.7 Å². The van der Waals surface area contributed by atoms with Gasteiger partial charge < -0.3 is 9.64 Å². The summed E-state index contributed by atoms with van der Waals surface area (Å²) in [5, 5.41) is 7.13. The van der Waals surface area contributed by atoms with Crippen molar-refractivity contribution in [3.8, 4) is 0 Å². The van der Waals surface area contributed by atoms with E-state index in [0.717, 1.165) is 42.9 Å². The minimum absolute atomic E-state index is 0.271. The number of anilines is 3. The van der Waals surface area contributed by atoms with Gasteiger partial charge in [-0.3, -0.25) is 10.7 Å². The summed E-state index contributed by atoms with van der Waals surface area (Å²) in [7, 11) is 0. The van der Waals surface area contributed by atoms with E-state index in [1.54, 1.807) is 6.21 Å². The molecular formula is C29H38N6O2. The van der Waals surface area contributed by atoms with Crippen LogP contribution in [0.5, 0.6) is 0 Å². The lowest BCUT2D eigenvalue weighted by Gasteiger charge is -2.23. The molecule has 3 rings (SSSR count). The lowest BCUT2D eigenvalue weighted by molar-refractivity contribution is 0.160. The molecule has 0 spiro atoms. The monoisotopic (exact) mass is 502 g/mol. The molecule has 0 saturated heterocycles. The molecular weight excluding hydrogens is 464 g/mol. The zero-order chi connectivity index (χ0) is 26.5. The number of aromatic nitrogens is 2. The van der Waals surface area contributed by atoms with Crippen molar-refractivity contribution in [1.29, 1.82) is 0 Å². The molecule has 0 unspecified atom stereocenters. The fraction of sp³-hybridized carbons (Fsp3) is 0.379. The van der Waals surface area contributed by atoms with Crippen LogP contribution in [0.15, 0.2) is 59.7 Å². The van der Waals surface area contributed by atoms with Gasteiger partial charge in [-0.2, -0.15) is 5.10 Å². The summed E-state index contributed by atoms with van der Waals surface area (Å²) in [5.74, 6) is 2.20. The van der Waals surface area contributed by atoms with E-state index in [1.807, 2.05) is 49.4 Å². The maximum absolute atomic E-state index is 12.1. The molecule has 1 amide bonds. The number of hydrazone groups is 1. The first-order valence-corrected chi connectivity index (χ1v) is 13.0. The lowest BCUT2D eigenvalue weighted by Crippen LogP contribution is -2.26. The third-order valence-electron chi connectivity index (χ3n) is 5.58. The Morgan fingerprint density at radius 3 is 2.46 bits per heavy atom. The average Bonchev–Trinajstić information content (AvgIpc) is 2.88. The Balaban J connectivity index is 1.63. The molecule has 2 N–H and O–H groups in total. The summed E-state index contributed by atoms with van der Waals surface area (Å²) in [6, 6.07) is 17.7. The van der Waals surface area contributed by atoms with Gasteiger partial charge >= 0.3 is 6.09 Å².